The number of rotatable bonds is 1. The minimum absolute atomic E-state index is 0.108. The molecule has 1 aliphatic heterocycles. The third-order valence-corrected chi connectivity index (χ3v) is 2.26. The molecule has 76 valence electrons. The Bertz CT molecular complexity index is 341. The smallest absolute Gasteiger partial charge is 0.266 e. The van der Waals surface area contributed by atoms with Gasteiger partial charge in [0, 0.05) is 30.9 Å². The summed E-state index contributed by atoms with van der Waals surface area (Å²) in [5.41, 5.74) is 6.09. The molecule has 0 atom stereocenters. The molecule has 1 fully saturated rings. The Morgan fingerprint density at radius 2 is 2.29 bits per heavy atom. The van der Waals surface area contributed by atoms with Crippen LogP contribution >= 0.6 is 0 Å². The third-order valence-electron chi connectivity index (χ3n) is 2.26. The predicted molar refractivity (Wildman–Crippen MR) is 50.4 cm³/mol. The van der Waals surface area contributed by atoms with Crippen LogP contribution in [0.4, 0.5) is 20.3 Å². The van der Waals surface area contributed by atoms with Gasteiger partial charge in [-0.1, -0.05) is 0 Å². The van der Waals surface area contributed by atoms with E-state index in [1.54, 1.807) is 17.0 Å². The Morgan fingerprint density at radius 1 is 1.50 bits per heavy atom. The number of hydrogen-bond acceptors (Lipinski definition) is 3. The first-order valence-electron chi connectivity index (χ1n) is 4.41. The lowest BCUT2D eigenvalue weighted by molar-refractivity contribution is 0.0257. The van der Waals surface area contributed by atoms with E-state index in [9.17, 15) is 8.78 Å². The molecular weight excluding hydrogens is 188 g/mol. The predicted octanol–water partition coefficient (Wildman–Crippen LogP) is 1.51. The first-order valence-corrected chi connectivity index (χ1v) is 4.41. The van der Waals surface area contributed by atoms with Crippen LogP contribution in [0.25, 0.3) is 0 Å². The molecule has 2 rings (SSSR count). The van der Waals surface area contributed by atoms with E-state index < -0.39 is 5.92 Å². The maximum atomic E-state index is 12.9. The summed E-state index contributed by atoms with van der Waals surface area (Å²) in [7, 11) is 0. The molecule has 0 amide bonds. The highest BCUT2D eigenvalue weighted by Gasteiger charge is 2.38. The van der Waals surface area contributed by atoms with Crippen molar-refractivity contribution in [3.63, 3.8) is 0 Å². The molecule has 2 heterocycles. The SMILES string of the molecule is Nc1ccnc(N2CCC(F)(F)C2)c1. The van der Waals surface area contributed by atoms with Crippen LogP contribution in [0.1, 0.15) is 6.42 Å². The quantitative estimate of drug-likeness (QED) is 0.745. The van der Waals surface area contributed by atoms with Crippen LogP contribution in [0.5, 0.6) is 0 Å². The van der Waals surface area contributed by atoms with Gasteiger partial charge in [-0.05, 0) is 6.07 Å². The van der Waals surface area contributed by atoms with E-state index in [1.165, 1.54) is 6.20 Å². The van der Waals surface area contributed by atoms with E-state index in [0.29, 0.717) is 18.1 Å². The Hall–Kier alpha value is -1.39. The van der Waals surface area contributed by atoms with Gasteiger partial charge >= 0.3 is 0 Å². The number of nitrogens with zero attached hydrogens (tertiary/aromatic N) is 2. The Kier molecular flexibility index (Phi) is 2.02. The summed E-state index contributed by atoms with van der Waals surface area (Å²) in [4.78, 5) is 5.55. The first-order chi connectivity index (χ1) is 6.57. The average molecular weight is 199 g/mol. The molecule has 0 spiro atoms. The zero-order chi connectivity index (χ0) is 10.2. The van der Waals surface area contributed by atoms with Gasteiger partial charge in [0.25, 0.3) is 5.92 Å². The minimum atomic E-state index is -2.59. The largest absolute Gasteiger partial charge is 0.399 e. The molecule has 1 saturated heterocycles. The molecule has 0 saturated carbocycles. The van der Waals surface area contributed by atoms with E-state index in [-0.39, 0.29) is 13.0 Å². The van der Waals surface area contributed by atoms with Crippen LogP contribution in [0, 0.1) is 0 Å². The Morgan fingerprint density at radius 3 is 2.86 bits per heavy atom. The van der Waals surface area contributed by atoms with Crippen LogP contribution in [-0.2, 0) is 0 Å². The Labute approximate surface area is 80.5 Å². The molecule has 14 heavy (non-hydrogen) atoms. The second-order valence-corrected chi connectivity index (χ2v) is 3.47. The van der Waals surface area contributed by atoms with Crippen molar-refractivity contribution < 1.29 is 8.78 Å². The molecule has 1 aromatic rings. The van der Waals surface area contributed by atoms with Gasteiger partial charge < -0.3 is 10.6 Å². The van der Waals surface area contributed by atoms with E-state index >= 15 is 0 Å². The fourth-order valence-corrected chi connectivity index (χ4v) is 1.54. The molecule has 0 radical (unpaired) electrons. The number of alkyl halides is 2. The zero-order valence-electron chi connectivity index (χ0n) is 7.58. The van der Waals surface area contributed by atoms with Gasteiger partial charge in [0.15, 0.2) is 0 Å². The van der Waals surface area contributed by atoms with E-state index in [4.69, 9.17) is 5.73 Å². The van der Waals surface area contributed by atoms with Crippen LogP contribution in [0.3, 0.4) is 0 Å². The van der Waals surface area contributed by atoms with Gasteiger partial charge in [-0.3, -0.25) is 0 Å². The fourth-order valence-electron chi connectivity index (χ4n) is 1.54. The summed E-state index contributed by atoms with van der Waals surface area (Å²) in [6.45, 7) is 0.0763. The van der Waals surface area contributed by atoms with Gasteiger partial charge in [0.05, 0.1) is 6.54 Å². The number of nitrogens with two attached hydrogens (primary N) is 1. The lowest BCUT2D eigenvalue weighted by Crippen LogP contribution is -2.25. The summed E-state index contributed by atoms with van der Waals surface area (Å²) < 4.78 is 25.8. The van der Waals surface area contributed by atoms with E-state index in [1.807, 2.05) is 0 Å². The van der Waals surface area contributed by atoms with Crippen molar-refractivity contribution in [1.29, 1.82) is 0 Å². The van der Waals surface area contributed by atoms with Gasteiger partial charge in [-0.2, -0.15) is 0 Å². The maximum Gasteiger partial charge on any atom is 0.266 e. The standard InChI is InChI=1S/C9H11F2N3/c10-9(11)2-4-14(6-9)8-5-7(12)1-3-13-8/h1,3,5H,2,4,6H2,(H2,12,13). The van der Waals surface area contributed by atoms with Gasteiger partial charge in [-0.15, -0.1) is 0 Å². The lowest BCUT2D eigenvalue weighted by Gasteiger charge is -2.16. The molecule has 3 nitrogen and oxygen atoms in total. The maximum absolute atomic E-state index is 12.9. The van der Waals surface area contributed by atoms with Crippen molar-refractivity contribution in [3.8, 4) is 0 Å². The number of nitrogen functional groups attached to an aromatic ring is 1. The molecule has 5 heteroatoms. The summed E-state index contributed by atoms with van der Waals surface area (Å²) >= 11 is 0. The number of pyridine rings is 1. The third kappa shape index (κ3) is 1.76. The molecule has 0 aliphatic carbocycles. The number of hydrogen-bond donors (Lipinski definition) is 1. The van der Waals surface area contributed by atoms with Crippen molar-refractivity contribution >= 4 is 11.5 Å². The number of aromatic nitrogens is 1. The van der Waals surface area contributed by atoms with E-state index in [2.05, 4.69) is 4.98 Å². The van der Waals surface area contributed by atoms with Crippen molar-refractivity contribution in [1.82, 2.24) is 4.98 Å². The molecule has 2 N–H and O–H groups in total. The highest BCUT2D eigenvalue weighted by Crippen LogP contribution is 2.30. The summed E-state index contributed by atoms with van der Waals surface area (Å²) in [6.07, 6.45) is 1.42. The van der Waals surface area contributed by atoms with Crippen LogP contribution in [0.2, 0.25) is 0 Å². The fraction of sp³-hybridized carbons (Fsp3) is 0.444. The van der Waals surface area contributed by atoms with Crippen molar-refractivity contribution in [2.75, 3.05) is 23.7 Å². The normalized spacial score (nSPS) is 20.0. The lowest BCUT2D eigenvalue weighted by atomic mass is 10.3. The van der Waals surface area contributed by atoms with Crippen molar-refractivity contribution in [2.24, 2.45) is 0 Å². The first kappa shape index (κ1) is 9.18. The molecule has 0 bridgehead atoms. The summed E-state index contributed by atoms with van der Waals surface area (Å²) in [5, 5.41) is 0. The van der Waals surface area contributed by atoms with Crippen molar-refractivity contribution in [3.05, 3.63) is 18.3 Å². The van der Waals surface area contributed by atoms with Crippen LogP contribution in [-0.4, -0.2) is 24.0 Å². The Balaban J connectivity index is 2.17. The highest BCUT2D eigenvalue weighted by molar-refractivity contribution is 5.51. The zero-order valence-corrected chi connectivity index (χ0v) is 7.58. The molecule has 1 aromatic heterocycles. The average Bonchev–Trinajstić information content (AvgIpc) is 2.46. The molecule has 0 aromatic carbocycles. The molecule has 0 unspecified atom stereocenters. The molecule has 1 aliphatic rings. The number of halogens is 2. The van der Waals surface area contributed by atoms with Crippen molar-refractivity contribution in [2.45, 2.75) is 12.3 Å². The highest BCUT2D eigenvalue weighted by atomic mass is 19.3. The van der Waals surface area contributed by atoms with E-state index in [0.717, 1.165) is 0 Å². The molecular formula is C9H11F2N3. The van der Waals surface area contributed by atoms with Gasteiger partial charge in [0.1, 0.15) is 5.82 Å². The van der Waals surface area contributed by atoms with Gasteiger partial charge in [0.2, 0.25) is 0 Å². The monoisotopic (exact) mass is 199 g/mol. The second-order valence-electron chi connectivity index (χ2n) is 3.47. The van der Waals surface area contributed by atoms with Crippen LogP contribution < -0.4 is 10.6 Å². The second kappa shape index (κ2) is 3.08. The topological polar surface area (TPSA) is 42.1 Å². The summed E-state index contributed by atoms with van der Waals surface area (Å²) in [5.74, 6) is -2.06. The summed E-state index contributed by atoms with van der Waals surface area (Å²) in [6, 6.07) is 3.25. The van der Waals surface area contributed by atoms with Crippen LogP contribution in [0.15, 0.2) is 18.3 Å². The minimum Gasteiger partial charge on any atom is -0.399 e. The number of anilines is 2. The van der Waals surface area contributed by atoms with Gasteiger partial charge in [-0.25, -0.2) is 13.8 Å².